The smallest absolute Gasteiger partial charge is 0.186 e. The van der Waals surface area contributed by atoms with Gasteiger partial charge in [-0.3, -0.25) is 0 Å². The van der Waals surface area contributed by atoms with Crippen molar-refractivity contribution < 1.29 is 9.26 Å². The third-order valence-corrected chi connectivity index (χ3v) is 4.31. The lowest BCUT2D eigenvalue weighted by atomic mass is 10.1. The number of nitrogens with zero attached hydrogens (tertiary/aromatic N) is 2. The van der Waals surface area contributed by atoms with Crippen LogP contribution in [0, 0.1) is 0 Å². The summed E-state index contributed by atoms with van der Waals surface area (Å²) in [4.78, 5) is 0. The van der Waals surface area contributed by atoms with Crippen LogP contribution in [0.1, 0.15) is 23.1 Å². The van der Waals surface area contributed by atoms with Crippen molar-refractivity contribution in [3.05, 3.63) is 59.4 Å². The number of methoxy groups -OCH3 is 1. The van der Waals surface area contributed by atoms with Crippen LogP contribution in [0.4, 0.5) is 0 Å². The first-order valence-electron chi connectivity index (χ1n) is 7.60. The highest BCUT2D eigenvalue weighted by Crippen LogP contribution is 2.33. The second-order valence-corrected chi connectivity index (χ2v) is 5.70. The highest BCUT2D eigenvalue weighted by molar-refractivity contribution is 5.63. The zero-order valence-electron chi connectivity index (χ0n) is 12.6. The van der Waals surface area contributed by atoms with E-state index >= 15 is 0 Å². The van der Waals surface area contributed by atoms with Gasteiger partial charge in [0.1, 0.15) is 5.75 Å². The van der Waals surface area contributed by atoms with Gasteiger partial charge in [-0.25, -0.2) is 0 Å². The molecule has 0 bridgehead atoms. The molecule has 2 heterocycles. The summed E-state index contributed by atoms with van der Waals surface area (Å²) < 4.78 is 13.0. The number of ether oxygens (including phenoxy) is 1. The summed E-state index contributed by atoms with van der Waals surface area (Å²) in [5.74, 6) is 1.82. The van der Waals surface area contributed by atoms with E-state index in [-0.39, 0.29) is 0 Å². The summed E-state index contributed by atoms with van der Waals surface area (Å²) in [6.45, 7) is 0.819. The summed E-state index contributed by atoms with van der Waals surface area (Å²) >= 11 is 0. The molecule has 112 valence electrons. The lowest BCUT2D eigenvalue weighted by Gasteiger charge is -2.09. The average molecular weight is 294 g/mol. The Labute approximate surface area is 129 Å². The lowest BCUT2D eigenvalue weighted by molar-refractivity contribution is 0.414. The van der Waals surface area contributed by atoms with Gasteiger partial charge in [-0.05, 0) is 48.6 Å². The summed E-state index contributed by atoms with van der Waals surface area (Å²) in [7, 11) is 1.69. The number of aromatic nitrogens is 2. The molecule has 2 aromatic heterocycles. The zero-order valence-corrected chi connectivity index (χ0v) is 12.6. The normalized spacial score (nSPS) is 13.3. The molecule has 1 aliphatic carbocycles. The van der Waals surface area contributed by atoms with Gasteiger partial charge in [0.15, 0.2) is 5.76 Å². The third kappa shape index (κ3) is 2.21. The highest BCUT2D eigenvalue weighted by Gasteiger charge is 2.22. The fourth-order valence-electron chi connectivity index (χ4n) is 3.16. The van der Waals surface area contributed by atoms with Gasteiger partial charge in [-0.1, -0.05) is 17.3 Å². The Balaban J connectivity index is 1.71. The Morgan fingerprint density at radius 2 is 1.95 bits per heavy atom. The van der Waals surface area contributed by atoms with E-state index in [1.54, 1.807) is 7.11 Å². The Hall–Kier alpha value is -2.49. The standard InChI is InChI=1S/C18H18N2O2/c1-21-16-7-5-13(6-8-16)12-20-10-9-14-3-2-4-15-11-19-22-18(15)17(14)20/h5-11H,2-4,12H2,1H3. The minimum absolute atomic E-state index is 0.819. The van der Waals surface area contributed by atoms with E-state index in [1.807, 2.05) is 18.3 Å². The molecule has 0 saturated heterocycles. The van der Waals surface area contributed by atoms with Gasteiger partial charge in [-0.2, -0.15) is 0 Å². The first-order chi connectivity index (χ1) is 10.8. The van der Waals surface area contributed by atoms with Crippen LogP contribution in [0.2, 0.25) is 0 Å². The largest absolute Gasteiger partial charge is 0.497 e. The van der Waals surface area contributed by atoms with E-state index in [9.17, 15) is 0 Å². The van der Waals surface area contributed by atoms with Gasteiger partial charge in [0, 0.05) is 18.3 Å². The molecule has 4 nitrogen and oxygen atoms in total. The van der Waals surface area contributed by atoms with Crippen molar-refractivity contribution in [3.63, 3.8) is 0 Å². The van der Waals surface area contributed by atoms with Crippen molar-refractivity contribution in [1.29, 1.82) is 0 Å². The predicted molar refractivity (Wildman–Crippen MR) is 84.1 cm³/mol. The van der Waals surface area contributed by atoms with Gasteiger partial charge in [0.25, 0.3) is 0 Å². The van der Waals surface area contributed by atoms with Crippen LogP contribution in [-0.2, 0) is 19.4 Å². The molecule has 22 heavy (non-hydrogen) atoms. The van der Waals surface area contributed by atoms with Crippen LogP contribution in [-0.4, -0.2) is 16.8 Å². The number of hydrogen-bond acceptors (Lipinski definition) is 3. The summed E-state index contributed by atoms with van der Waals surface area (Å²) in [6.07, 6.45) is 7.28. The van der Waals surface area contributed by atoms with Crippen molar-refractivity contribution in [1.82, 2.24) is 9.72 Å². The average Bonchev–Trinajstić information content (AvgIpc) is 3.12. The molecule has 0 atom stereocenters. The van der Waals surface area contributed by atoms with E-state index in [4.69, 9.17) is 9.26 Å². The van der Waals surface area contributed by atoms with E-state index in [0.29, 0.717) is 0 Å². The first kappa shape index (κ1) is 13.2. The van der Waals surface area contributed by atoms with E-state index in [0.717, 1.165) is 37.3 Å². The first-order valence-corrected chi connectivity index (χ1v) is 7.60. The minimum atomic E-state index is 0.819. The zero-order chi connectivity index (χ0) is 14.9. The van der Waals surface area contributed by atoms with Gasteiger partial charge < -0.3 is 13.8 Å². The monoisotopic (exact) mass is 294 g/mol. The van der Waals surface area contributed by atoms with Crippen LogP contribution in [0.15, 0.2) is 47.2 Å². The highest BCUT2D eigenvalue weighted by atomic mass is 16.5. The van der Waals surface area contributed by atoms with Crippen LogP contribution in [0.25, 0.3) is 11.5 Å². The Morgan fingerprint density at radius 1 is 1.14 bits per heavy atom. The molecule has 0 N–H and O–H groups in total. The SMILES string of the molecule is COc1ccc(Cn2ccc3c2-c2oncc2CCC3)cc1. The fourth-order valence-corrected chi connectivity index (χ4v) is 3.16. The van der Waals surface area contributed by atoms with Crippen LogP contribution in [0.5, 0.6) is 5.75 Å². The van der Waals surface area contributed by atoms with Crippen molar-refractivity contribution in [2.45, 2.75) is 25.8 Å². The Kier molecular flexibility index (Phi) is 3.22. The van der Waals surface area contributed by atoms with Gasteiger partial charge in [0.2, 0.25) is 0 Å². The number of rotatable bonds is 3. The fraction of sp³-hybridized carbons (Fsp3) is 0.278. The molecule has 0 aliphatic heterocycles. The Morgan fingerprint density at radius 3 is 2.77 bits per heavy atom. The third-order valence-electron chi connectivity index (χ3n) is 4.31. The maximum absolute atomic E-state index is 5.54. The second-order valence-electron chi connectivity index (χ2n) is 5.70. The van der Waals surface area contributed by atoms with Crippen molar-refractivity contribution in [3.8, 4) is 17.2 Å². The maximum Gasteiger partial charge on any atom is 0.186 e. The lowest BCUT2D eigenvalue weighted by Crippen LogP contribution is -2.01. The molecule has 0 unspecified atom stereocenters. The molecule has 0 radical (unpaired) electrons. The molecule has 0 spiro atoms. The molecule has 1 aromatic carbocycles. The number of aryl methyl sites for hydroxylation is 2. The predicted octanol–water partition coefficient (Wildman–Crippen LogP) is 3.69. The van der Waals surface area contributed by atoms with E-state index in [1.165, 1.54) is 22.4 Å². The quantitative estimate of drug-likeness (QED) is 0.739. The van der Waals surface area contributed by atoms with Gasteiger partial charge in [-0.15, -0.1) is 0 Å². The maximum atomic E-state index is 5.54. The summed E-state index contributed by atoms with van der Waals surface area (Å²) in [5, 5.41) is 3.99. The molecule has 3 aromatic rings. The molecular formula is C18H18N2O2. The van der Waals surface area contributed by atoms with Crippen molar-refractivity contribution >= 4 is 0 Å². The van der Waals surface area contributed by atoms with Crippen molar-refractivity contribution in [2.24, 2.45) is 0 Å². The van der Waals surface area contributed by atoms with Crippen LogP contribution < -0.4 is 4.74 Å². The molecule has 4 heteroatoms. The van der Waals surface area contributed by atoms with Crippen molar-refractivity contribution in [2.75, 3.05) is 7.11 Å². The van der Waals surface area contributed by atoms with Crippen LogP contribution >= 0.6 is 0 Å². The minimum Gasteiger partial charge on any atom is -0.497 e. The molecule has 4 rings (SSSR count). The molecule has 0 saturated carbocycles. The number of benzene rings is 1. The summed E-state index contributed by atoms with van der Waals surface area (Å²) in [5.41, 5.74) is 4.99. The van der Waals surface area contributed by atoms with E-state index < -0.39 is 0 Å². The molecular weight excluding hydrogens is 276 g/mol. The molecule has 0 fully saturated rings. The van der Waals surface area contributed by atoms with Gasteiger partial charge in [0.05, 0.1) is 19.0 Å². The topological polar surface area (TPSA) is 40.2 Å². The molecule has 0 amide bonds. The van der Waals surface area contributed by atoms with Gasteiger partial charge >= 0.3 is 0 Å². The van der Waals surface area contributed by atoms with E-state index in [2.05, 4.69) is 34.1 Å². The Bertz CT molecular complexity index is 784. The number of fused-ring (bicyclic) bond motifs is 3. The molecule has 1 aliphatic rings. The second kappa shape index (κ2) is 5.37. The number of hydrogen-bond donors (Lipinski definition) is 0. The van der Waals surface area contributed by atoms with Crippen LogP contribution in [0.3, 0.4) is 0 Å². The summed E-state index contributed by atoms with van der Waals surface area (Å²) in [6, 6.07) is 10.4.